The summed E-state index contributed by atoms with van der Waals surface area (Å²) in [6.07, 6.45) is -2.62. The predicted molar refractivity (Wildman–Crippen MR) is 120 cm³/mol. The summed E-state index contributed by atoms with van der Waals surface area (Å²) in [5.41, 5.74) is 0.405. The van der Waals surface area contributed by atoms with E-state index in [9.17, 15) is 26.4 Å². The lowest BCUT2D eigenvalue weighted by Gasteiger charge is -2.27. The van der Waals surface area contributed by atoms with Crippen LogP contribution in [0.1, 0.15) is 52.6 Å². The molecule has 0 fully saturated rings. The van der Waals surface area contributed by atoms with Crippen LogP contribution in [-0.4, -0.2) is 70.2 Å². The lowest BCUT2D eigenvalue weighted by atomic mass is 10.1. The molecule has 33 heavy (non-hydrogen) atoms. The number of sulfonamides is 1. The summed E-state index contributed by atoms with van der Waals surface area (Å²) in [5, 5.41) is 11.6. The number of fused-ring (bicyclic) bond motifs is 1. The number of hydrogen-bond acceptors (Lipinski definition) is 11. The largest absolute Gasteiger partial charge is 0.454 e. The van der Waals surface area contributed by atoms with Crippen molar-refractivity contribution in [3.8, 4) is 0 Å². The van der Waals surface area contributed by atoms with Crippen LogP contribution in [0, 0.1) is 0 Å². The average molecular weight is 525 g/mol. The Morgan fingerprint density at radius 1 is 1.30 bits per heavy atom. The molecule has 3 unspecified atom stereocenters. The zero-order valence-electron chi connectivity index (χ0n) is 18.8. The third-order valence-corrected chi connectivity index (χ3v) is 10.4. The second-order valence-electron chi connectivity index (χ2n) is 7.64. The number of carbonyl (C=O) groups is 2. The van der Waals surface area contributed by atoms with Crippen LogP contribution < -0.4 is 5.32 Å². The van der Waals surface area contributed by atoms with Crippen LogP contribution in [0.2, 0.25) is 0 Å². The molecule has 1 aromatic rings. The van der Waals surface area contributed by atoms with E-state index in [-0.39, 0.29) is 14.5 Å². The fourth-order valence-electron chi connectivity index (χ4n) is 3.01. The van der Waals surface area contributed by atoms with Crippen molar-refractivity contribution in [2.75, 3.05) is 6.54 Å². The number of esters is 2. The van der Waals surface area contributed by atoms with Crippen LogP contribution in [0.5, 0.6) is 0 Å². The second kappa shape index (κ2) is 10.6. The van der Waals surface area contributed by atoms with Crippen LogP contribution in [0.25, 0.3) is 0 Å². The predicted octanol–water partition coefficient (Wildman–Crippen LogP) is 0.968. The Balaban J connectivity index is 2.18. The smallest absolute Gasteiger partial charge is 0.347 e. The van der Waals surface area contributed by atoms with Gasteiger partial charge in [0, 0.05) is 11.6 Å². The molecule has 0 amide bonds. The highest BCUT2D eigenvalue weighted by Crippen LogP contribution is 2.43. The number of hydrogen-bond donors (Lipinski definition) is 2. The summed E-state index contributed by atoms with van der Waals surface area (Å²) in [6, 6.07) is 1.02. The van der Waals surface area contributed by atoms with Gasteiger partial charge in [0.05, 0.1) is 11.5 Å². The van der Waals surface area contributed by atoms with Crippen LogP contribution >= 0.6 is 11.3 Å². The summed E-state index contributed by atoms with van der Waals surface area (Å²) in [7, 11) is -7.91. The first-order chi connectivity index (χ1) is 15.2. The number of nitrogens with zero attached hydrogens (tertiary/aromatic N) is 1. The zero-order valence-corrected chi connectivity index (χ0v) is 21.3. The molecule has 1 aliphatic rings. The normalized spacial score (nSPS) is 22.8. The number of ether oxygens (including phenoxy) is 2. The fraction of sp³-hybridized carbons (Fsp3) is 0.632. The SMILES string of the molecule is CCN[C@H]1C[C@H](C)S(=O)(=O)c2sc(S(=O)(=O)/N=C/C(C)OC(=O)C(C)OC(=O)C(C)O)cc21. The summed E-state index contributed by atoms with van der Waals surface area (Å²) in [6.45, 7) is 7.81. The highest BCUT2D eigenvalue weighted by Gasteiger charge is 2.39. The number of thiophene rings is 1. The maximum absolute atomic E-state index is 12.7. The molecule has 1 aromatic heterocycles. The molecule has 0 aliphatic carbocycles. The molecule has 2 N–H and O–H groups in total. The van der Waals surface area contributed by atoms with E-state index in [1.54, 1.807) is 6.92 Å². The molecule has 0 aromatic carbocycles. The van der Waals surface area contributed by atoms with E-state index in [2.05, 4.69) is 9.71 Å². The van der Waals surface area contributed by atoms with Gasteiger partial charge in [0.25, 0.3) is 10.0 Å². The van der Waals surface area contributed by atoms with Gasteiger partial charge in [-0.3, -0.25) is 0 Å². The lowest BCUT2D eigenvalue weighted by molar-refractivity contribution is -0.172. The van der Waals surface area contributed by atoms with Crippen molar-refractivity contribution in [2.45, 2.75) is 79.1 Å². The Morgan fingerprint density at radius 3 is 2.52 bits per heavy atom. The van der Waals surface area contributed by atoms with Crippen LogP contribution in [0.15, 0.2) is 18.9 Å². The molecule has 11 nitrogen and oxygen atoms in total. The molecule has 0 radical (unpaired) electrons. The summed E-state index contributed by atoms with van der Waals surface area (Å²) in [4.78, 5) is 23.3. The number of aliphatic hydroxyl groups excluding tert-OH is 1. The molecule has 0 spiro atoms. The average Bonchev–Trinajstić information content (AvgIpc) is 3.18. The van der Waals surface area contributed by atoms with E-state index in [4.69, 9.17) is 14.6 Å². The Kier molecular flexibility index (Phi) is 8.79. The van der Waals surface area contributed by atoms with Crippen molar-refractivity contribution in [1.29, 1.82) is 0 Å². The first-order valence-electron chi connectivity index (χ1n) is 10.2. The van der Waals surface area contributed by atoms with Crippen molar-refractivity contribution in [3.63, 3.8) is 0 Å². The van der Waals surface area contributed by atoms with Gasteiger partial charge in [0.1, 0.15) is 20.6 Å². The van der Waals surface area contributed by atoms with Gasteiger partial charge in [-0.25, -0.2) is 18.0 Å². The van der Waals surface area contributed by atoms with Gasteiger partial charge >= 0.3 is 11.9 Å². The molecule has 186 valence electrons. The van der Waals surface area contributed by atoms with E-state index < -0.39 is 55.4 Å². The van der Waals surface area contributed by atoms with Gasteiger partial charge in [0.2, 0.25) is 0 Å². The molecular formula is C19H28N2O9S3. The van der Waals surface area contributed by atoms with E-state index in [0.717, 1.165) is 6.21 Å². The third-order valence-electron chi connectivity index (χ3n) is 4.82. The highest BCUT2D eigenvalue weighted by atomic mass is 32.3. The van der Waals surface area contributed by atoms with Gasteiger partial charge in [0.15, 0.2) is 15.9 Å². The maximum atomic E-state index is 12.7. The first-order valence-corrected chi connectivity index (χ1v) is 14.0. The maximum Gasteiger partial charge on any atom is 0.347 e. The van der Waals surface area contributed by atoms with Crippen molar-refractivity contribution in [1.82, 2.24) is 5.32 Å². The van der Waals surface area contributed by atoms with E-state index >= 15 is 0 Å². The first kappa shape index (κ1) is 27.4. The summed E-state index contributed by atoms with van der Waals surface area (Å²) < 4.78 is 63.8. The minimum Gasteiger partial charge on any atom is -0.454 e. The number of carbonyl (C=O) groups excluding carboxylic acids is 2. The van der Waals surface area contributed by atoms with Gasteiger partial charge < -0.3 is 19.9 Å². The second-order valence-corrected chi connectivity index (χ2v) is 13.1. The van der Waals surface area contributed by atoms with Gasteiger partial charge in [-0.2, -0.15) is 12.8 Å². The van der Waals surface area contributed by atoms with Crippen LogP contribution in [0.4, 0.5) is 0 Å². The van der Waals surface area contributed by atoms with Crippen LogP contribution in [0.3, 0.4) is 0 Å². The van der Waals surface area contributed by atoms with E-state index in [0.29, 0.717) is 29.9 Å². The Morgan fingerprint density at radius 2 is 1.94 bits per heavy atom. The van der Waals surface area contributed by atoms with Gasteiger partial charge in [-0.05, 0) is 46.7 Å². The Labute approximate surface area is 197 Å². The third kappa shape index (κ3) is 6.38. The van der Waals surface area contributed by atoms with Crippen molar-refractivity contribution in [2.24, 2.45) is 4.40 Å². The molecule has 0 saturated carbocycles. The quantitative estimate of drug-likeness (QED) is 0.351. The van der Waals surface area contributed by atoms with E-state index in [1.165, 1.54) is 26.8 Å². The standard InChI is InChI=1S/C19H28N2O9S3/c1-6-20-15-7-11(3)32(25,26)19-14(15)8-16(31-19)33(27,28)21-9-10(2)29-18(24)13(5)30-17(23)12(4)22/h8-13,15,20,22H,6-7H2,1-5H3/b21-9+/t10?,11-,12?,13?,15-/m0/s1. The molecule has 0 saturated heterocycles. The molecule has 5 atom stereocenters. The minimum atomic E-state index is -4.26. The van der Waals surface area contributed by atoms with Crippen molar-refractivity contribution >= 4 is 49.4 Å². The fourth-order valence-corrected chi connectivity index (χ4v) is 7.94. The molecule has 2 heterocycles. The summed E-state index contributed by atoms with van der Waals surface area (Å²) in [5.74, 6) is -1.97. The minimum absolute atomic E-state index is 0.00852. The zero-order chi connectivity index (χ0) is 25.1. The topological polar surface area (TPSA) is 165 Å². The Bertz CT molecular complexity index is 1120. The monoisotopic (exact) mass is 524 g/mol. The van der Waals surface area contributed by atoms with Gasteiger partial charge in [-0.15, -0.1) is 11.3 Å². The molecule has 14 heteroatoms. The molecule has 1 aliphatic heterocycles. The summed E-state index contributed by atoms with van der Waals surface area (Å²) >= 11 is 0.644. The van der Waals surface area contributed by atoms with E-state index in [1.807, 2.05) is 6.92 Å². The van der Waals surface area contributed by atoms with Crippen molar-refractivity contribution in [3.05, 3.63) is 11.6 Å². The van der Waals surface area contributed by atoms with Crippen molar-refractivity contribution < 1.29 is 41.0 Å². The number of nitrogens with one attached hydrogen (secondary N) is 1. The van der Waals surface area contributed by atoms with Gasteiger partial charge in [-0.1, -0.05) is 6.92 Å². The van der Waals surface area contributed by atoms with Crippen LogP contribution in [-0.2, 0) is 38.9 Å². The molecule has 0 bridgehead atoms. The number of sulfone groups is 1. The highest BCUT2D eigenvalue weighted by molar-refractivity contribution is 7.96. The number of aliphatic hydroxyl groups is 1. The lowest BCUT2D eigenvalue weighted by Crippen LogP contribution is -2.33. The molecular weight excluding hydrogens is 496 g/mol. The number of rotatable bonds is 9. The Hall–Kier alpha value is -1.87. The molecule has 2 rings (SSSR count).